The first-order valence-corrected chi connectivity index (χ1v) is 13.1. The zero-order chi connectivity index (χ0) is 23.6. The van der Waals surface area contributed by atoms with E-state index in [0.29, 0.717) is 31.7 Å². The van der Waals surface area contributed by atoms with Crippen molar-refractivity contribution in [1.82, 2.24) is 9.21 Å². The van der Waals surface area contributed by atoms with Gasteiger partial charge in [0.25, 0.3) is 5.91 Å². The van der Waals surface area contributed by atoms with Gasteiger partial charge in [-0.25, -0.2) is 12.8 Å². The summed E-state index contributed by atoms with van der Waals surface area (Å²) in [7, 11) is -3.72. The third-order valence-corrected chi connectivity index (χ3v) is 8.55. The van der Waals surface area contributed by atoms with Gasteiger partial charge in [0.2, 0.25) is 10.0 Å². The van der Waals surface area contributed by atoms with Crippen molar-refractivity contribution in [2.45, 2.75) is 56.5 Å². The smallest absolute Gasteiger partial charge is 0.254 e. The van der Waals surface area contributed by atoms with Crippen LogP contribution in [0.3, 0.4) is 0 Å². The topological polar surface area (TPSA) is 60.9 Å². The Morgan fingerprint density at radius 2 is 1.64 bits per heavy atom. The maximum Gasteiger partial charge on any atom is 0.254 e. The summed E-state index contributed by atoms with van der Waals surface area (Å²) in [5, 5.41) is 0. The molecule has 1 amide bonds. The third-order valence-electron chi connectivity index (χ3n) is 6.66. The molecule has 33 heavy (non-hydrogen) atoms. The molecule has 1 aliphatic heterocycles. The Labute approximate surface area is 196 Å². The number of carbonyl (C=O) groups excluding carboxylic acids is 1. The van der Waals surface area contributed by atoms with Crippen molar-refractivity contribution >= 4 is 21.6 Å². The molecule has 1 heterocycles. The zero-order valence-electron chi connectivity index (χ0n) is 19.3. The van der Waals surface area contributed by atoms with Gasteiger partial charge in [0, 0.05) is 49.5 Å². The molecule has 1 saturated carbocycles. The van der Waals surface area contributed by atoms with E-state index in [1.54, 1.807) is 30.3 Å². The molecule has 1 saturated heterocycles. The summed E-state index contributed by atoms with van der Waals surface area (Å²) in [5.41, 5.74) is 1.29. The predicted molar refractivity (Wildman–Crippen MR) is 127 cm³/mol. The minimum atomic E-state index is -3.72. The second-order valence-corrected chi connectivity index (χ2v) is 11.1. The lowest BCUT2D eigenvalue weighted by atomic mass is 10.1. The molecule has 6 nitrogen and oxygen atoms in total. The van der Waals surface area contributed by atoms with E-state index in [4.69, 9.17) is 0 Å². The first-order valence-electron chi connectivity index (χ1n) is 11.7. The van der Waals surface area contributed by atoms with E-state index in [2.05, 4.69) is 0 Å². The van der Waals surface area contributed by atoms with E-state index in [-0.39, 0.29) is 28.7 Å². The molecule has 2 aliphatic rings. The molecule has 1 aliphatic carbocycles. The van der Waals surface area contributed by atoms with Gasteiger partial charge in [-0.05, 0) is 69.2 Å². The van der Waals surface area contributed by atoms with Crippen LogP contribution in [0.4, 0.5) is 10.1 Å². The van der Waals surface area contributed by atoms with E-state index in [9.17, 15) is 17.6 Å². The van der Waals surface area contributed by atoms with Gasteiger partial charge in [-0.2, -0.15) is 4.31 Å². The van der Waals surface area contributed by atoms with Crippen molar-refractivity contribution in [1.29, 1.82) is 0 Å². The van der Waals surface area contributed by atoms with Crippen LogP contribution in [0.1, 0.15) is 49.9 Å². The fourth-order valence-electron chi connectivity index (χ4n) is 4.93. The molecule has 4 rings (SSSR count). The Morgan fingerprint density at radius 1 is 1.00 bits per heavy atom. The molecule has 8 heteroatoms. The SMILES string of the molecule is CC(C)N(C(=O)c1cccc(S(=O)(=O)N2CCN(c3ccc(F)cc3)CC2)c1)C1CCCC1. The molecule has 0 radical (unpaired) electrons. The summed E-state index contributed by atoms with van der Waals surface area (Å²) in [5.74, 6) is -0.395. The number of hydrogen-bond acceptors (Lipinski definition) is 4. The molecule has 2 fully saturated rings. The molecule has 0 aromatic heterocycles. The van der Waals surface area contributed by atoms with Crippen molar-refractivity contribution in [2.75, 3.05) is 31.1 Å². The number of carbonyl (C=O) groups is 1. The number of benzene rings is 2. The summed E-state index contributed by atoms with van der Waals surface area (Å²) >= 11 is 0. The van der Waals surface area contributed by atoms with Gasteiger partial charge in [0.05, 0.1) is 4.90 Å². The number of halogens is 1. The fraction of sp³-hybridized carbons (Fsp3) is 0.480. The van der Waals surface area contributed by atoms with Crippen LogP contribution in [0.25, 0.3) is 0 Å². The normalized spacial score (nSPS) is 18.1. The average Bonchev–Trinajstić information content (AvgIpc) is 3.34. The minimum absolute atomic E-state index is 0.0559. The summed E-state index contributed by atoms with van der Waals surface area (Å²) in [6.45, 7) is 5.73. The number of amides is 1. The summed E-state index contributed by atoms with van der Waals surface area (Å²) in [6, 6.07) is 13.0. The zero-order valence-corrected chi connectivity index (χ0v) is 20.1. The minimum Gasteiger partial charge on any atom is -0.369 e. The summed E-state index contributed by atoms with van der Waals surface area (Å²) < 4.78 is 41.3. The second kappa shape index (κ2) is 9.81. The largest absolute Gasteiger partial charge is 0.369 e. The highest BCUT2D eigenvalue weighted by molar-refractivity contribution is 7.89. The standard InChI is InChI=1S/C25H32FN3O3S/c1-19(2)29(23-7-3-4-8-23)25(30)20-6-5-9-24(18-20)33(31,32)28-16-14-27(15-17-28)22-12-10-21(26)11-13-22/h5-6,9-13,18-19,23H,3-4,7-8,14-17H2,1-2H3. The van der Waals surface area contributed by atoms with Gasteiger partial charge in [-0.1, -0.05) is 18.9 Å². The summed E-state index contributed by atoms with van der Waals surface area (Å²) in [4.78, 5) is 17.5. The Bertz CT molecular complexity index is 1070. The number of anilines is 1. The third kappa shape index (κ3) is 5.06. The first-order chi connectivity index (χ1) is 15.8. The van der Waals surface area contributed by atoms with Crippen LogP contribution in [0.2, 0.25) is 0 Å². The maximum absolute atomic E-state index is 13.3. The Hall–Kier alpha value is -2.45. The average molecular weight is 474 g/mol. The van der Waals surface area contributed by atoms with Gasteiger partial charge >= 0.3 is 0 Å². The van der Waals surface area contributed by atoms with Gasteiger partial charge in [-0.15, -0.1) is 0 Å². The first kappa shape index (κ1) is 23.7. The second-order valence-electron chi connectivity index (χ2n) is 9.14. The molecule has 0 N–H and O–H groups in total. The number of nitrogens with zero attached hydrogens (tertiary/aromatic N) is 3. The monoisotopic (exact) mass is 473 g/mol. The highest BCUT2D eigenvalue weighted by Gasteiger charge is 2.32. The Kier molecular flexibility index (Phi) is 7.05. The maximum atomic E-state index is 13.3. The quantitative estimate of drug-likeness (QED) is 0.633. The van der Waals surface area contributed by atoms with Crippen LogP contribution < -0.4 is 4.90 Å². The number of rotatable bonds is 6. The lowest BCUT2D eigenvalue weighted by molar-refractivity contribution is 0.0613. The lowest BCUT2D eigenvalue weighted by Crippen LogP contribution is -2.48. The highest BCUT2D eigenvalue weighted by atomic mass is 32.2. The van der Waals surface area contributed by atoms with Crippen molar-refractivity contribution in [3.8, 4) is 0 Å². The van der Waals surface area contributed by atoms with Crippen LogP contribution in [0.15, 0.2) is 53.4 Å². The number of hydrogen-bond donors (Lipinski definition) is 0. The van der Waals surface area contributed by atoms with Crippen molar-refractivity contribution in [2.24, 2.45) is 0 Å². The van der Waals surface area contributed by atoms with Crippen LogP contribution in [0, 0.1) is 5.82 Å². The van der Waals surface area contributed by atoms with E-state index in [1.807, 2.05) is 23.6 Å². The summed E-state index contributed by atoms with van der Waals surface area (Å²) in [6.07, 6.45) is 4.25. The molecule has 178 valence electrons. The number of sulfonamides is 1. The molecular formula is C25H32FN3O3S. The van der Waals surface area contributed by atoms with Gasteiger partial charge < -0.3 is 9.80 Å². The molecule has 0 bridgehead atoms. The lowest BCUT2D eigenvalue weighted by Gasteiger charge is -2.35. The fourth-order valence-corrected chi connectivity index (χ4v) is 6.40. The Balaban J connectivity index is 1.49. The Morgan fingerprint density at radius 3 is 2.24 bits per heavy atom. The molecule has 0 atom stereocenters. The van der Waals surface area contributed by atoms with Crippen molar-refractivity contribution < 1.29 is 17.6 Å². The molecule has 0 unspecified atom stereocenters. The van der Waals surface area contributed by atoms with Crippen molar-refractivity contribution in [3.63, 3.8) is 0 Å². The highest BCUT2D eigenvalue weighted by Crippen LogP contribution is 2.28. The van der Waals surface area contributed by atoms with E-state index < -0.39 is 10.0 Å². The van der Waals surface area contributed by atoms with Crippen LogP contribution in [-0.4, -0.2) is 61.8 Å². The van der Waals surface area contributed by atoms with Crippen LogP contribution >= 0.6 is 0 Å². The molecule has 0 spiro atoms. The van der Waals surface area contributed by atoms with Crippen LogP contribution in [0.5, 0.6) is 0 Å². The van der Waals surface area contributed by atoms with E-state index >= 15 is 0 Å². The van der Waals surface area contributed by atoms with E-state index in [0.717, 1.165) is 31.4 Å². The molecule has 2 aromatic rings. The van der Waals surface area contributed by atoms with Gasteiger partial charge in [0.15, 0.2) is 0 Å². The molecular weight excluding hydrogens is 441 g/mol. The van der Waals surface area contributed by atoms with Gasteiger partial charge in [-0.3, -0.25) is 4.79 Å². The number of piperazine rings is 1. The molecule has 2 aromatic carbocycles. The van der Waals surface area contributed by atoms with Crippen LogP contribution in [-0.2, 0) is 10.0 Å². The van der Waals surface area contributed by atoms with Crippen molar-refractivity contribution in [3.05, 3.63) is 59.9 Å². The van der Waals surface area contributed by atoms with Gasteiger partial charge in [0.1, 0.15) is 5.82 Å². The van der Waals surface area contributed by atoms with E-state index in [1.165, 1.54) is 22.5 Å². The predicted octanol–water partition coefficient (Wildman–Crippen LogP) is 4.13.